The molecule has 0 aliphatic carbocycles. The molecule has 0 spiro atoms. The lowest BCUT2D eigenvalue weighted by atomic mass is 10.2. The predicted molar refractivity (Wildman–Crippen MR) is 75.6 cm³/mol. The summed E-state index contributed by atoms with van der Waals surface area (Å²) in [5.41, 5.74) is 0.509. The Balaban J connectivity index is 2.66. The fraction of sp³-hybridized carbons (Fsp3) is 0.600. The average Bonchev–Trinajstić information content (AvgIpc) is 2.34. The Morgan fingerprint density at radius 1 is 1.42 bits per heavy atom. The molecule has 1 aromatic rings. The van der Waals surface area contributed by atoms with Gasteiger partial charge in [-0.1, -0.05) is 13.0 Å². The highest BCUT2D eigenvalue weighted by Gasteiger charge is 2.26. The molecule has 0 aromatic carbocycles. The Hall–Kier alpha value is -1.42. The van der Waals surface area contributed by atoms with Crippen LogP contribution in [0.25, 0.3) is 0 Å². The van der Waals surface area contributed by atoms with Crippen LogP contribution in [-0.4, -0.2) is 34.0 Å². The number of rotatable bonds is 5. The molecule has 1 unspecified atom stereocenters. The van der Waals surface area contributed by atoms with Gasteiger partial charge >= 0.3 is 5.97 Å². The van der Waals surface area contributed by atoms with E-state index in [1.165, 1.54) is 0 Å². The van der Waals surface area contributed by atoms with Crippen molar-refractivity contribution in [1.82, 2.24) is 9.88 Å². The maximum absolute atomic E-state index is 12.1. The Bertz CT molecular complexity index is 398. The van der Waals surface area contributed by atoms with Crippen LogP contribution in [-0.2, 0) is 16.1 Å². The molecule has 0 amide bonds. The maximum atomic E-state index is 12.1. The first-order valence-electron chi connectivity index (χ1n) is 6.70. The van der Waals surface area contributed by atoms with Crippen LogP contribution in [0.3, 0.4) is 0 Å². The zero-order valence-corrected chi connectivity index (χ0v) is 12.5. The molecule has 1 rings (SSSR count). The number of carbonyl (C=O) groups excluding carboxylic acids is 1. The van der Waals surface area contributed by atoms with Crippen molar-refractivity contribution in [1.29, 1.82) is 0 Å². The molecule has 1 aromatic heterocycles. The Labute approximate surface area is 115 Å². The van der Waals surface area contributed by atoms with Gasteiger partial charge in [-0.05, 0) is 46.4 Å². The van der Waals surface area contributed by atoms with Crippen molar-refractivity contribution in [2.24, 2.45) is 0 Å². The summed E-state index contributed by atoms with van der Waals surface area (Å²) in [6.07, 6.45) is 1.77. The van der Waals surface area contributed by atoms with Crippen LogP contribution in [0.1, 0.15) is 40.3 Å². The number of aromatic nitrogens is 1. The summed E-state index contributed by atoms with van der Waals surface area (Å²) in [4.78, 5) is 18.4. The lowest BCUT2D eigenvalue weighted by molar-refractivity contribution is -0.161. The highest BCUT2D eigenvalue weighted by Crippen LogP contribution is 2.13. The van der Waals surface area contributed by atoms with Gasteiger partial charge in [0.15, 0.2) is 0 Å². The summed E-state index contributed by atoms with van der Waals surface area (Å²) in [6.45, 7) is 11.0. The van der Waals surface area contributed by atoms with E-state index in [2.05, 4.69) is 9.88 Å². The third-order valence-corrected chi connectivity index (χ3v) is 2.79. The zero-order chi connectivity index (χ0) is 14.5. The van der Waals surface area contributed by atoms with Gasteiger partial charge in [-0.25, -0.2) is 0 Å². The summed E-state index contributed by atoms with van der Waals surface area (Å²) >= 11 is 0. The van der Waals surface area contributed by atoms with Gasteiger partial charge in [0.1, 0.15) is 11.6 Å². The van der Waals surface area contributed by atoms with E-state index >= 15 is 0 Å². The van der Waals surface area contributed by atoms with Crippen LogP contribution >= 0.6 is 0 Å². The molecule has 19 heavy (non-hydrogen) atoms. The van der Waals surface area contributed by atoms with E-state index in [9.17, 15) is 4.79 Å². The number of carbonyl (C=O) groups is 1. The number of hydrogen-bond donors (Lipinski definition) is 0. The van der Waals surface area contributed by atoms with Gasteiger partial charge in [0.2, 0.25) is 0 Å². The number of pyridine rings is 1. The van der Waals surface area contributed by atoms with Crippen LogP contribution in [0.4, 0.5) is 0 Å². The lowest BCUT2D eigenvalue weighted by Crippen LogP contribution is -2.42. The van der Waals surface area contributed by atoms with Crippen molar-refractivity contribution in [3.8, 4) is 0 Å². The molecule has 106 valence electrons. The maximum Gasteiger partial charge on any atom is 0.323 e. The fourth-order valence-electron chi connectivity index (χ4n) is 1.76. The van der Waals surface area contributed by atoms with E-state index in [4.69, 9.17) is 4.74 Å². The van der Waals surface area contributed by atoms with Crippen LogP contribution in [0, 0.1) is 0 Å². The molecule has 0 aliphatic heterocycles. The third-order valence-electron chi connectivity index (χ3n) is 2.79. The van der Waals surface area contributed by atoms with Gasteiger partial charge < -0.3 is 4.74 Å². The number of ether oxygens (including phenoxy) is 1. The number of esters is 1. The minimum atomic E-state index is -0.449. The number of nitrogens with zero attached hydrogens (tertiary/aromatic N) is 2. The van der Waals surface area contributed by atoms with E-state index in [0.717, 1.165) is 12.2 Å². The second-order valence-corrected chi connectivity index (χ2v) is 5.59. The van der Waals surface area contributed by atoms with Crippen LogP contribution in [0.5, 0.6) is 0 Å². The molecule has 0 saturated carbocycles. The van der Waals surface area contributed by atoms with Crippen LogP contribution in [0.2, 0.25) is 0 Å². The third kappa shape index (κ3) is 5.39. The standard InChI is InChI=1S/C15H24N2O2/c1-6-17(11-13-9-7-8-10-16-13)12(2)14(18)19-15(3,4)5/h7-10,12H,6,11H2,1-5H3. The highest BCUT2D eigenvalue weighted by atomic mass is 16.6. The van der Waals surface area contributed by atoms with Crippen molar-refractivity contribution in [2.45, 2.75) is 52.8 Å². The fourth-order valence-corrected chi connectivity index (χ4v) is 1.76. The van der Waals surface area contributed by atoms with Crippen molar-refractivity contribution >= 4 is 5.97 Å². The second kappa shape index (κ2) is 6.66. The minimum Gasteiger partial charge on any atom is -0.459 e. The molecule has 0 fully saturated rings. The molecule has 1 heterocycles. The minimum absolute atomic E-state index is 0.190. The van der Waals surface area contributed by atoms with Gasteiger partial charge in [-0.15, -0.1) is 0 Å². The number of hydrogen-bond acceptors (Lipinski definition) is 4. The Kier molecular flexibility index (Phi) is 5.48. The molecular formula is C15H24N2O2. The summed E-state index contributed by atoms with van der Waals surface area (Å²) in [6, 6.07) is 5.53. The van der Waals surface area contributed by atoms with Crippen molar-refractivity contribution in [3.05, 3.63) is 30.1 Å². The first-order chi connectivity index (χ1) is 8.83. The van der Waals surface area contributed by atoms with Crippen LogP contribution < -0.4 is 0 Å². The van der Waals surface area contributed by atoms with Crippen molar-refractivity contribution in [2.75, 3.05) is 6.54 Å². The molecule has 0 N–H and O–H groups in total. The molecule has 1 atom stereocenters. The molecule has 4 nitrogen and oxygen atoms in total. The van der Waals surface area contributed by atoms with Gasteiger partial charge in [0.25, 0.3) is 0 Å². The predicted octanol–water partition coefficient (Wildman–Crippen LogP) is 2.63. The Morgan fingerprint density at radius 3 is 2.58 bits per heavy atom. The Morgan fingerprint density at radius 2 is 2.11 bits per heavy atom. The monoisotopic (exact) mass is 264 g/mol. The smallest absolute Gasteiger partial charge is 0.323 e. The molecular weight excluding hydrogens is 240 g/mol. The zero-order valence-electron chi connectivity index (χ0n) is 12.5. The molecule has 0 saturated heterocycles. The quantitative estimate of drug-likeness (QED) is 0.767. The van der Waals surface area contributed by atoms with E-state index < -0.39 is 5.60 Å². The average molecular weight is 264 g/mol. The summed E-state index contributed by atoms with van der Waals surface area (Å²) < 4.78 is 5.42. The highest BCUT2D eigenvalue weighted by molar-refractivity contribution is 5.75. The largest absolute Gasteiger partial charge is 0.459 e. The van der Waals surface area contributed by atoms with Gasteiger partial charge in [0, 0.05) is 12.7 Å². The molecule has 0 aliphatic rings. The van der Waals surface area contributed by atoms with Gasteiger partial charge in [-0.2, -0.15) is 0 Å². The summed E-state index contributed by atoms with van der Waals surface area (Å²) in [5, 5.41) is 0. The van der Waals surface area contributed by atoms with Crippen molar-refractivity contribution in [3.63, 3.8) is 0 Å². The number of likely N-dealkylation sites (N-methyl/N-ethyl adjacent to an activating group) is 1. The first kappa shape index (κ1) is 15.6. The van der Waals surface area contributed by atoms with Crippen LogP contribution in [0.15, 0.2) is 24.4 Å². The van der Waals surface area contributed by atoms with E-state index in [1.807, 2.05) is 52.8 Å². The lowest BCUT2D eigenvalue weighted by Gasteiger charge is -2.29. The summed E-state index contributed by atoms with van der Waals surface area (Å²) in [5.74, 6) is -0.190. The molecule has 0 radical (unpaired) electrons. The van der Waals surface area contributed by atoms with Crippen molar-refractivity contribution < 1.29 is 9.53 Å². The van der Waals surface area contributed by atoms with E-state index in [-0.39, 0.29) is 12.0 Å². The molecule has 4 heteroatoms. The van der Waals surface area contributed by atoms with E-state index in [0.29, 0.717) is 6.54 Å². The SMILES string of the molecule is CCN(Cc1ccccn1)C(C)C(=O)OC(C)(C)C. The van der Waals surface area contributed by atoms with E-state index in [1.54, 1.807) is 6.20 Å². The molecule has 0 bridgehead atoms. The van der Waals surface area contributed by atoms with Gasteiger partial charge in [0.05, 0.1) is 5.69 Å². The first-order valence-corrected chi connectivity index (χ1v) is 6.70. The van der Waals surface area contributed by atoms with Gasteiger partial charge in [-0.3, -0.25) is 14.7 Å². The topological polar surface area (TPSA) is 42.4 Å². The normalized spacial score (nSPS) is 13.4. The summed E-state index contributed by atoms with van der Waals surface area (Å²) in [7, 11) is 0. The second-order valence-electron chi connectivity index (χ2n) is 5.59.